The van der Waals surface area contributed by atoms with Crippen molar-refractivity contribution in [3.05, 3.63) is 32.9 Å². The lowest BCUT2D eigenvalue weighted by atomic mass is 10.0. The molecule has 0 aliphatic carbocycles. The molecule has 1 aromatic carbocycles. The quantitative estimate of drug-likeness (QED) is 0.837. The van der Waals surface area contributed by atoms with Crippen molar-refractivity contribution in [2.24, 2.45) is 5.73 Å². The topological polar surface area (TPSA) is 46.2 Å². The summed E-state index contributed by atoms with van der Waals surface area (Å²) in [4.78, 5) is 0. The highest BCUT2D eigenvalue weighted by atomic mass is 127. The molecule has 1 unspecified atom stereocenters. The lowest BCUT2D eigenvalue weighted by molar-refractivity contribution is 0.276. The van der Waals surface area contributed by atoms with E-state index in [4.69, 9.17) is 10.8 Å². The van der Waals surface area contributed by atoms with Gasteiger partial charge in [-0.05, 0) is 47.1 Å². The van der Waals surface area contributed by atoms with E-state index in [2.05, 4.69) is 35.6 Å². The predicted octanol–water partition coefficient (Wildman–Crippen LogP) is 1.98. The van der Waals surface area contributed by atoms with Crippen molar-refractivity contribution in [3.63, 3.8) is 0 Å². The second kappa shape index (κ2) is 4.93. The van der Waals surface area contributed by atoms with Gasteiger partial charge in [-0.3, -0.25) is 0 Å². The molecule has 0 aliphatic heterocycles. The van der Waals surface area contributed by atoms with Crippen molar-refractivity contribution in [1.29, 1.82) is 0 Å². The van der Waals surface area contributed by atoms with Gasteiger partial charge in [-0.25, -0.2) is 0 Å². The normalized spacial score (nSPS) is 12.9. The number of rotatable bonds is 3. The molecule has 72 valence electrons. The summed E-state index contributed by atoms with van der Waals surface area (Å²) in [7, 11) is 0. The summed E-state index contributed by atoms with van der Waals surface area (Å²) >= 11 is 2.30. The van der Waals surface area contributed by atoms with Gasteiger partial charge in [0.05, 0.1) is 0 Å². The third kappa shape index (κ3) is 2.65. The van der Waals surface area contributed by atoms with E-state index in [9.17, 15) is 0 Å². The minimum absolute atomic E-state index is 0.0446. The molecule has 0 amide bonds. The molecule has 0 saturated carbocycles. The number of hydrogen-bond donors (Lipinski definition) is 2. The number of aliphatic hydroxyl groups excluding tert-OH is 1. The molecule has 1 atom stereocenters. The molecular weight excluding hydrogens is 277 g/mol. The van der Waals surface area contributed by atoms with E-state index < -0.39 is 0 Å². The second-order valence-corrected chi connectivity index (χ2v) is 4.18. The Morgan fingerprint density at radius 2 is 2.23 bits per heavy atom. The SMILES string of the molecule is Cc1cccc(C(N)CCO)c1I. The Balaban J connectivity index is 2.93. The van der Waals surface area contributed by atoms with Crippen molar-refractivity contribution >= 4 is 22.6 Å². The van der Waals surface area contributed by atoms with Crippen LogP contribution in [-0.2, 0) is 0 Å². The Bertz CT molecular complexity index is 288. The lowest BCUT2D eigenvalue weighted by Gasteiger charge is -2.13. The molecular formula is C10H14INO. The predicted molar refractivity (Wildman–Crippen MR) is 62.5 cm³/mol. The Morgan fingerprint density at radius 3 is 2.85 bits per heavy atom. The molecule has 1 rings (SSSR count). The Hall–Kier alpha value is -0.130. The van der Waals surface area contributed by atoms with Crippen LogP contribution in [-0.4, -0.2) is 11.7 Å². The Morgan fingerprint density at radius 1 is 1.54 bits per heavy atom. The molecule has 2 nitrogen and oxygen atoms in total. The summed E-state index contributed by atoms with van der Waals surface area (Å²) in [6.45, 7) is 2.21. The van der Waals surface area contributed by atoms with Gasteiger partial charge in [-0.2, -0.15) is 0 Å². The highest BCUT2D eigenvalue weighted by Gasteiger charge is 2.09. The van der Waals surface area contributed by atoms with Crippen LogP contribution in [0.4, 0.5) is 0 Å². The smallest absolute Gasteiger partial charge is 0.0449 e. The van der Waals surface area contributed by atoms with E-state index in [0.29, 0.717) is 6.42 Å². The number of benzene rings is 1. The van der Waals surface area contributed by atoms with Gasteiger partial charge >= 0.3 is 0 Å². The minimum atomic E-state index is -0.0446. The zero-order chi connectivity index (χ0) is 9.84. The molecule has 13 heavy (non-hydrogen) atoms. The van der Waals surface area contributed by atoms with Crippen LogP contribution >= 0.6 is 22.6 Å². The number of hydrogen-bond acceptors (Lipinski definition) is 2. The molecule has 0 saturated heterocycles. The summed E-state index contributed by atoms with van der Waals surface area (Å²) in [6.07, 6.45) is 0.624. The van der Waals surface area contributed by atoms with Crippen LogP contribution in [0.2, 0.25) is 0 Å². The molecule has 1 aromatic rings. The van der Waals surface area contributed by atoms with E-state index in [-0.39, 0.29) is 12.6 Å². The van der Waals surface area contributed by atoms with Gasteiger partial charge in [0.15, 0.2) is 0 Å². The molecule has 0 fully saturated rings. The molecule has 0 heterocycles. The molecule has 3 heteroatoms. The highest BCUT2D eigenvalue weighted by Crippen LogP contribution is 2.23. The Kier molecular flexibility index (Phi) is 4.15. The fourth-order valence-corrected chi connectivity index (χ4v) is 2.01. The van der Waals surface area contributed by atoms with Crippen LogP contribution in [0.25, 0.3) is 0 Å². The van der Waals surface area contributed by atoms with Gasteiger partial charge < -0.3 is 10.8 Å². The van der Waals surface area contributed by atoms with Crippen LogP contribution in [0.3, 0.4) is 0 Å². The van der Waals surface area contributed by atoms with Gasteiger partial charge in [0.1, 0.15) is 0 Å². The van der Waals surface area contributed by atoms with Crippen LogP contribution in [0.15, 0.2) is 18.2 Å². The largest absolute Gasteiger partial charge is 0.396 e. The second-order valence-electron chi connectivity index (χ2n) is 3.10. The van der Waals surface area contributed by atoms with Crippen molar-refractivity contribution < 1.29 is 5.11 Å². The van der Waals surface area contributed by atoms with Crippen LogP contribution in [0, 0.1) is 10.5 Å². The van der Waals surface area contributed by atoms with Gasteiger partial charge in [0, 0.05) is 16.2 Å². The lowest BCUT2D eigenvalue weighted by Crippen LogP contribution is -2.13. The summed E-state index contributed by atoms with van der Waals surface area (Å²) in [6, 6.07) is 6.05. The van der Waals surface area contributed by atoms with E-state index in [0.717, 1.165) is 5.56 Å². The van der Waals surface area contributed by atoms with Gasteiger partial charge in [0.2, 0.25) is 0 Å². The van der Waals surface area contributed by atoms with E-state index in [1.807, 2.05) is 12.1 Å². The van der Waals surface area contributed by atoms with E-state index in [1.54, 1.807) is 0 Å². The van der Waals surface area contributed by atoms with Crippen LogP contribution in [0.1, 0.15) is 23.6 Å². The monoisotopic (exact) mass is 291 g/mol. The third-order valence-corrected chi connectivity index (χ3v) is 3.53. The fourth-order valence-electron chi connectivity index (χ4n) is 1.25. The first-order valence-corrected chi connectivity index (χ1v) is 5.36. The zero-order valence-corrected chi connectivity index (χ0v) is 9.78. The first kappa shape index (κ1) is 10.9. The molecule has 3 N–H and O–H groups in total. The van der Waals surface area contributed by atoms with Gasteiger partial charge in [0.25, 0.3) is 0 Å². The standard InChI is InChI=1S/C10H14INO/c1-7-3-2-4-8(10(7)11)9(12)5-6-13/h2-4,9,13H,5-6,12H2,1H3. The maximum absolute atomic E-state index is 8.78. The number of nitrogens with two attached hydrogens (primary N) is 1. The van der Waals surface area contributed by atoms with Gasteiger partial charge in [-0.1, -0.05) is 18.2 Å². The summed E-state index contributed by atoms with van der Waals surface area (Å²) in [5.41, 5.74) is 8.29. The van der Waals surface area contributed by atoms with Gasteiger partial charge in [-0.15, -0.1) is 0 Å². The minimum Gasteiger partial charge on any atom is -0.396 e. The summed E-state index contributed by atoms with van der Waals surface area (Å²) in [5, 5.41) is 8.78. The van der Waals surface area contributed by atoms with Crippen LogP contribution < -0.4 is 5.73 Å². The molecule has 0 spiro atoms. The number of aryl methyl sites for hydroxylation is 1. The molecule has 0 aliphatic rings. The first-order valence-electron chi connectivity index (χ1n) is 4.28. The van der Waals surface area contributed by atoms with E-state index >= 15 is 0 Å². The maximum Gasteiger partial charge on any atom is 0.0449 e. The number of aliphatic hydroxyl groups is 1. The third-order valence-electron chi connectivity index (χ3n) is 2.06. The highest BCUT2D eigenvalue weighted by molar-refractivity contribution is 14.1. The van der Waals surface area contributed by atoms with Crippen molar-refractivity contribution in [2.75, 3.05) is 6.61 Å². The van der Waals surface area contributed by atoms with Crippen LogP contribution in [0.5, 0.6) is 0 Å². The first-order chi connectivity index (χ1) is 6.16. The summed E-state index contributed by atoms with van der Waals surface area (Å²) in [5.74, 6) is 0. The average Bonchev–Trinajstić information content (AvgIpc) is 2.10. The number of halogens is 1. The maximum atomic E-state index is 8.78. The van der Waals surface area contributed by atoms with Crippen molar-refractivity contribution in [3.8, 4) is 0 Å². The molecule has 0 radical (unpaired) electrons. The van der Waals surface area contributed by atoms with Crippen molar-refractivity contribution in [1.82, 2.24) is 0 Å². The van der Waals surface area contributed by atoms with E-state index in [1.165, 1.54) is 9.13 Å². The average molecular weight is 291 g/mol. The molecule has 0 bridgehead atoms. The fraction of sp³-hybridized carbons (Fsp3) is 0.400. The molecule has 0 aromatic heterocycles. The Labute approximate surface area is 92.3 Å². The zero-order valence-electron chi connectivity index (χ0n) is 7.63. The van der Waals surface area contributed by atoms with Crippen molar-refractivity contribution in [2.45, 2.75) is 19.4 Å². The summed E-state index contributed by atoms with van der Waals surface area (Å²) < 4.78 is 1.21.